The Labute approximate surface area is 126 Å². The van der Waals surface area contributed by atoms with Crippen LogP contribution in [-0.4, -0.2) is 52.1 Å². The smallest absolute Gasteiger partial charge is 0.244 e. The fourth-order valence-electron chi connectivity index (χ4n) is 2.60. The molecular weight excluding hydrogens is 290 g/mol. The molecule has 1 heterocycles. The summed E-state index contributed by atoms with van der Waals surface area (Å²) < 4.78 is 31.5. The average molecular weight is 313 g/mol. The van der Waals surface area contributed by atoms with E-state index in [4.69, 9.17) is 10.5 Å². The summed E-state index contributed by atoms with van der Waals surface area (Å²) in [7, 11) is -0.545. The molecule has 1 aliphatic rings. The van der Waals surface area contributed by atoms with E-state index in [0.29, 0.717) is 18.8 Å². The second kappa shape index (κ2) is 5.82. The van der Waals surface area contributed by atoms with Gasteiger partial charge >= 0.3 is 0 Å². The van der Waals surface area contributed by atoms with Gasteiger partial charge in [-0.15, -0.1) is 0 Å². The first-order chi connectivity index (χ1) is 9.73. The van der Waals surface area contributed by atoms with E-state index < -0.39 is 10.0 Å². The Morgan fingerprint density at radius 3 is 2.33 bits per heavy atom. The van der Waals surface area contributed by atoms with Crippen molar-refractivity contribution in [2.75, 3.05) is 37.8 Å². The first kappa shape index (κ1) is 16.1. The van der Waals surface area contributed by atoms with Crippen LogP contribution < -0.4 is 10.6 Å². The van der Waals surface area contributed by atoms with Crippen LogP contribution in [0.4, 0.5) is 11.4 Å². The number of hydrogen-bond donors (Lipinski definition) is 1. The molecule has 1 saturated heterocycles. The van der Waals surface area contributed by atoms with Gasteiger partial charge < -0.3 is 15.4 Å². The minimum atomic E-state index is -3.55. The number of anilines is 2. The Morgan fingerprint density at radius 1 is 1.24 bits per heavy atom. The third-order valence-corrected chi connectivity index (χ3v) is 5.44. The van der Waals surface area contributed by atoms with Crippen molar-refractivity contribution in [2.45, 2.75) is 31.0 Å². The molecule has 1 aliphatic heterocycles. The number of morpholine rings is 1. The average Bonchev–Trinajstić information content (AvgIpc) is 2.37. The molecule has 1 fully saturated rings. The molecular formula is C14H23N3O3S. The van der Waals surface area contributed by atoms with Gasteiger partial charge in [-0.05, 0) is 26.0 Å². The highest BCUT2D eigenvalue weighted by molar-refractivity contribution is 7.89. The van der Waals surface area contributed by atoms with Crippen LogP contribution in [0.15, 0.2) is 23.1 Å². The molecule has 21 heavy (non-hydrogen) atoms. The highest BCUT2D eigenvalue weighted by Crippen LogP contribution is 2.32. The second-order valence-corrected chi connectivity index (χ2v) is 7.76. The molecule has 0 aliphatic carbocycles. The monoisotopic (exact) mass is 313 g/mol. The van der Waals surface area contributed by atoms with Gasteiger partial charge in [-0.3, -0.25) is 0 Å². The van der Waals surface area contributed by atoms with Crippen molar-refractivity contribution in [1.82, 2.24) is 4.31 Å². The molecule has 2 atom stereocenters. The Hall–Kier alpha value is -1.31. The summed E-state index contributed by atoms with van der Waals surface area (Å²) in [5.74, 6) is 0. The predicted octanol–water partition coefficient (Wildman–Crippen LogP) is 1.13. The number of hydrogen-bond acceptors (Lipinski definition) is 5. The maximum atomic E-state index is 12.3. The van der Waals surface area contributed by atoms with E-state index in [9.17, 15) is 8.42 Å². The van der Waals surface area contributed by atoms with Gasteiger partial charge in [-0.2, -0.15) is 0 Å². The number of benzene rings is 1. The number of nitrogens with zero attached hydrogens (tertiary/aromatic N) is 2. The van der Waals surface area contributed by atoms with E-state index in [1.807, 2.05) is 19.9 Å². The van der Waals surface area contributed by atoms with Crippen LogP contribution in [0, 0.1) is 0 Å². The van der Waals surface area contributed by atoms with Gasteiger partial charge in [-0.25, -0.2) is 12.7 Å². The molecule has 1 aromatic rings. The van der Waals surface area contributed by atoms with Gasteiger partial charge in [0.2, 0.25) is 10.0 Å². The van der Waals surface area contributed by atoms with E-state index in [-0.39, 0.29) is 17.1 Å². The van der Waals surface area contributed by atoms with Gasteiger partial charge in [0.1, 0.15) is 4.90 Å². The van der Waals surface area contributed by atoms with Gasteiger partial charge in [0.15, 0.2) is 0 Å². The van der Waals surface area contributed by atoms with E-state index in [1.165, 1.54) is 18.4 Å². The molecule has 0 amide bonds. The third kappa shape index (κ3) is 3.14. The van der Waals surface area contributed by atoms with Gasteiger partial charge in [0, 0.05) is 27.2 Å². The number of nitrogen functional groups attached to an aromatic ring is 1. The van der Waals surface area contributed by atoms with Crippen LogP contribution in [0.1, 0.15) is 13.8 Å². The van der Waals surface area contributed by atoms with Crippen molar-refractivity contribution in [3.8, 4) is 0 Å². The molecule has 0 unspecified atom stereocenters. The normalized spacial score (nSPS) is 23.6. The minimum absolute atomic E-state index is 0.0854. The molecule has 0 saturated carbocycles. The number of para-hydroxylation sites is 1. The van der Waals surface area contributed by atoms with Crippen molar-refractivity contribution in [3.63, 3.8) is 0 Å². The summed E-state index contributed by atoms with van der Waals surface area (Å²) in [6.07, 6.45) is 0.171. The van der Waals surface area contributed by atoms with Crippen LogP contribution in [0.25, 0.3) is 0 Å². The van der Waals surface area contributed by atoms with E-state index in [1.54, 1.807) is 12.1 Å². The van der Waals surface area contributed by atoms with Gasteiger partial charge in [0.05, 0.1) is 23.6 Å². The summed E-state index contributed by atoms with van der Waals surface area (Å²) in [4.78, 5) is 2.24. The summed E-state index contributed by atoms with van der Waals surface area (Å²) in [6.45, 7) is 5.39. The van der Waals surface area contributed by atoms with Crippen molar-refractivity contribution in [2.24, 2.45) is 0 Å². The zero-order valence-corrected chi connectivity index (χ0v) is 13.7. The molecule has 2 N–H and O–H groups in total. The van der Waals surface area contributed by atoms with E-state index >= 15 is 0 Å². The summed E-state index contributed by atoms with van der Waals surface area (Å²) in [6, 6.07) is 5.13. The van der Waals surface area contributed by atoms with Crippen LogP contribution in [-0.2, 0) is 14.8 Å². The Morgan fingerprint density at radius 2 is 1.81 bits per heavy atom. The Bertz CT molecular complexity index is 606. The van der Waals surface area contributed by atoms with Crippen molar-refractivity contribution in [1.29, 1.82) is 0 Å². The van der Waals surface area contributed by atoms with Crippen LogP contribution >= 0.6 is 0 Å². The van der Waals surface area contributed by atoms with Crippen LogP contribution in [0.3, 0.4) is 0 Å². The zero-order chi connectivity index (χ0) is 15.8. The lowest BCUT2D eigenvalue weighted by molar-refractivity contribution is -0.00517. The van der Waals surface area contributed by atoms with Crippen molar-refractivity contribution < 1.29 is 13.2 Å². The summed E-state index contributed by atoms with van der Waals surface area (Å²) in [5, 5.41) is 0. The molecule has 0 radical (unpaired) electrons. The van der Waals surface area contributed by atoms with Gasteiger partial charge in [0.25, 0.3) is 0 Å². The largest absolute Gasteiger partial charge is 0.396 e. The van der Waals surface area contributed by atoms with E-state index in [2.05, 4.69) is 4.90 Å². The first-order valence-electron chi connectivity index (χ1n) is 6.95. The first-order valence-corrected chi connectivity index (χ1v) is 8.39. The minimum Gasteiger partial charge on any atom is -0.396 e. The Balaban J connectivity index is 2.43. The predicted molar refractivity (Wildman–Crippen MR) is 83.9 cm³/mol. The molecule has 0 aromatic heterocycles. The highest BCUT2D eigenvalue weighted by atomic mass is 32.2. The lowest BCUT2D eigenvalue weighted by atomic mass is 10.2. The molecule has 7 heteroatoms. The fourth-order valence-corrected chi connectivity index (χ4v) is 3.63. The molecule has 118 valence electrons. The lowest BCUT2D eigenvalue weighted by Crippen LogP contribution is -2.45. The standard InChI is InChI=1S/C14H23N3O3S/c1-10-8-17(9-11(2)20-10)12-6-5-7-13(14(12)15)21(18,19)16(3)4/h5-7,10-11H,8-9,15H2,1-4H3/t10-,11+. The van der Waals surface area contributed by atoms with E-state index in [0.717, 1.165) is 5.69 Å². The van der Waals surface area contributed by atoms with Crippen molar-refractivity contribution in [3.05, 3.63) is 18.2 Å². The van der Waals surface area contributed by atoms with Crippen LogP contribution in [0.2, 0.25) is 0 Å². The summed E-state index contributed by atoms with van der Waals surface area (Å²) >= 11 is 0. The quantitative estimate of drug-likeness (QED) is 0.847. The lowest BCUT2D eigenvalue weighted by Gasteiger charge is -2.37. The second-order valence-electron chi connectivity index (χ2n) is 5.64. The highest BCUT2D eigenvalue weighted by Gasteiger charge is 2.27. The van der Waals surface area contributed by atoms with Crippen LogP contribution in [0.5, 0.6) is 0 Å². The molecule has 6 nitrogen and oxygen atoms in total. The molecule has 0 spiro atoms. The summed E-state index contributed by atoms with van der Waals surface area (Å²) in [5.41, 5.74) is 7.19. The maximum Gasteiger partial charge on any atom is 0.244 e. The Kier molecular flexibility index (Phi) is 4.46. The van der Waals surface area contributed by atoms with Crippen molar-refractivity contribution >= 4 is 21.4 Å². The number of ether oxygens (including phenoxy) is 1. The molecule has 0 bridgehead atoms. The number of rotatable bonds is 3. The molecule has 1 aromatic carbocycles. The zero-order valence-electron chi connectivity index (χ0n) is 12.9. The maximum absolute atomic E-state index is 12.3. The molecule has 2 rings (SSSR count). The number of nitrogens with two attached hydrogens (primary N) is 1. The topological polar surface area (TPSA) is 75.9 Å². The number of sulfonamides is 1. The van der Waals surface area contributed by atoms with Gasteiger partial charge in [-0.1, -0.05) is 6.07 Å². The fraction of sp³-hybridized carbons (Fsp3) is 0.571. The third-order valence-electron chi connectivity index (χ3n) is 3.56. The SMILES string of the molecule is C[C@@H]1CN(c2cccc(S(=O)(=O)N(C)C)c2N)C[C@H](C)O1.